The number of anilines is 2. The summed E-state index contributed by atoms with van der Waals surface area (Å²) in [6.45, 7) is 8.31. The van der Waals surface area contributed by atoms with Crippen molar-refractivity contribution in [3.05, 3.63) is 39.3 Å². The Hall–Kier alpha value is -2.08. The van der Waals surface area contributed by atoms with Gasteiger partial charge in [0.15, 0.2) is 0 Å². The van der Waals surface area contributed by atoms with Crippen LogP contribution in [0.3, 0.4) is 0 Å². The molecule has 0 atom stereocenters. The number of benzene rings is 1. The van der Waals surface area contributed by atoms with Crippen molar-refractivity contribution in [2.24, 2.45) is 0 Å². The zero-order valence-electron chi connectivity index (χ0n) is 13.1. The Kier molecular flexibility index (Phi) is 4.02. The summed E-state index contributed by atoms with van der Waals surface area (Å²) in [5, 5.41) is 7.35. The Balaban J connectivity index is 1.76. The molecule has 2 aromatic rings. The van der Waals surface area contributed by atoms with Crippen LogP contribution in [0.5, 0.6) is 0 Å². The Morgan fingerprint density at radius 3 is 2.82 bits per heavy atom. The van der Waals surface area contributed by atoms with Crippen LogP contribution in [0.1, 0.15) is 21.1 Å². The molecular formula is C16H20N4OS. The van der Waals surface area contributed by atoms with Crippen molar-refractivity contribution in [1.82, 2.24) is 10.3 Å². The maximum absolute atomic E-state index is 11.8. The second-order valence-corrected chi connectivity index (χ2v) is 6.77. The molecule has 0 bridgehead atoms. The zero-order chi connectivity index (χ0) is 15.7. The minimum absolute atomic E-state index is 0.0269. The van der Waals surface area contributed by atoms with E-state index >= 15 is 0 Å². The Labute approximate surface area is 134 Å². The maximum Gasteiger partial charge on any atom is 0.321 e. The molecular weight excluding hydrogens is 296 g/mol. The van der Waals surface area contributed by atoms with Gasteiger partial charge < -0.3 is 10.6 Å². The van der Waals surface area contributed by atoms with E-state index in [4.69, 9.17) is 0 Å². The summed E-state index contributed by atoms with van der Waals surface area (Å²) in [5.41, 5.74) is 4.23. The van der Waals surface area contributed by atoms with Gasteiger partial charge in [0.25, 0.3) is 0 Å². The van der Waals surface area contributed by atoms with Gasteiger partial charge in [0.2, 0.25) is 0 Å². The first-order valence-electron chi connectivity index (χ1n) is 7.37. The fraction of sp³-hybridized carbons (Fsp3) is 0.375. The minimum Gasteiger partial charge on any atom is -0.378 e. The molecule has 5 nitrogen and oxygen atoms in total. The smallest absolute Gasteiger partial charge is 0.321 e. The molecule has 1 aromatic heterocycles. The summed E-state index contributed by atoms with van der Waals surface area (Å²) in [7, 11) is 0. The van der Waals surface area contributed by atoms with Gasteiger partial charge in [0.1, 0.15) is 5.01 Å². The summed E-state index contributed by atoms with van der Waals surface area (Å²) in [4.78, 5) is 19.4. The number of hydrogen-bond acceptors (Lipinski definition) is 4. The van der Waals surface area contributed by atoms with Crippen LogP contribution in [0.15, 0.2) is 18.2 Å². The van der Waals surface area contributed by atoms with Crippen molar-refractivity contribution in [2.45, 2.75) is 27.3 Å². The van der Waals surface area contributed by atoms with Crippen molar-refractivity contribution in [2.75, 3.05) is 23.3 Å². The monoisotopic (exact) mass is 316 g/mol. The van der Waals surface area contributed by atoms with Crippen molar-refractivity contribution in [3.8, 4) is 0 Å². The number of aromatic nitrogens is 1. The average Bonchev–Trinajstić information content (AvgIpc) is 3.05. The van der Waals surface area contributed by atoms with Gasteiger partial charge in [0, 0.05) is 29.3 Å². The molecule has 0 unspecified atom stereocenters. The Morgan fingerprint density at radius 1 is 1.36 bits per heavy atom. The third-order valence-corrected chi connectivity index (χ3v) is 4.97. The number of hydrogen-bond donors (Lipinski definition) is 2. The van der Waals surface area contributed by atoms with Gasteiger partial charge in [0.05, 0.1) is 12.2 Å². The van der Waals surface area contributed by atoms with E-state index in [0.717, 1.165) is 27.6 Å². The lowest BCUT2D eigenvalue weighted by molar-refractivity contribution is 0.252. The van der Waals surface area contributed by atoms with E-state index in [-0.39, 0.29) is 6.03 Å². The fourth-order valence-electron chi connectivity index (χ4n) is 2.47. The number of nitrogens with one attached hydrogen (secondary N) is 2. The number of nitrogens with zero attached hydrogens (tertiary/aromatic N) is 2. The zero-order valence-corrected chi connectivity index (χ0v) is 13.9. The SMILES string of the molecule is Cc1ccc(N2CCNC2=O)cc1NCc1nc(C)c(C)s1. The third kappa shape index (κ3) is 2.92. The van der Waals surface area contributed by atoms with Crippen molar-refractivity contribution >= 4 is 28.7 Å². The highest BCUT2D eigenvalue weighted by Crippen LogP contribution is 2.25. The highest BCUT2D eigenvalue weighted by atomic mass is 32.1. The van der Waals surface area contributed by atoms with Crippen molar-refractivity contribution in [1.29, 1.82) is 0 Å². The topological polar surface area (TPSA) is 57.3 Å². The molecule has 6 heteroatoms. The van der Waals surface area contributed by atoms with Crippen LogP contribution in [-0.4, -0.2) is 24.1 Å². The number of aryl methyl sites for hydroxylation is 3. The van der Waals surface area contributed by atoms with Gasteiger partial charge in [-0.3, -0.25) is 4.90 Å². The van der Waals surface area contributed by atoms with Crippen LogP contribution in [0, 0.1) is 20.8 Å². The van der Waals surface area contributed by atoms with Gasteiger partial charge in [-0.2, -0.15) is 0 Å². The quantitative estimate of drug-likeness (QED) is 0.910. The molecule has 116 valence electrons. The maximum atomic E-state index is 11.8. The molecule has 1 fully saturated rings. The number of rotatable bonds is 4. The molecule has 0 aliphatic carbocycles. The number of urea groups is 1. The second-order valence-electron chi connectivity index (χ2n) is 5.49. The summed E-state index contributed by atoms with van der Waals surface area (Å²) >= 11 is 1.72. The predicted octanol–water partition coefficient (Wildman–Crippen LogP) is 3.21. The van der Waals surface area contributed by atoms with E-state index in [1.807, 2.05) is 25.1 Å². The van der Waals surface area contributed by atoms with E-state index in [9.17, 15) is 4.79 Å². The summed E-state index contributed by atoms with van der Waals surface area (Å²) in [5.74, 6) is 0. The third-order valence-electron chi connectivity index (χ3n) is 3.89. The highest BCUT2D eigenvalue weighted by molar-refractivity contribution is 7.11. The highest BCUT2D eigenvalue weighted by Gasteiger charge is 2.21. The van der Waals surface area contributed by atoms with Gasteiger partial charge in [-0.05, 0) is 38.5 Å². The standard InChI is InChI=1S/C16H20N4OS/c1-10-4-5-13(20-7-6-17-16(20)21)8-14(10)18-9-15-19-11(2)12(3)22-15/h4-5,8,18H,6-7,9H2,1-3H3,(H,17,21). The molecule has 1 aliphatic rings. The number of amides is 2. The molecule has 1 aliphatic heterocycles. The second kappa shape index (κ2) is 5.96. The van der Waals surface area contributed by atoms with E-state index in [2.05, 4.69) is 29.5 Å². The van der Waals surface area contributed by atoms with Crippen LogP contribution < -0.4 is 15.5 Å². The molecule has 1 saturated heterocycles. The first kappa shape index (κ1) is 14.8. The van der Waals surface area contributed by atoms with Crippen molar-refractivity contribution < 1.29 is 4.79 Å². The van der Waals surface area contributed by atoms with Crippen molar-refractivity contribution in [3.63, 3.8) is 0 Å². The Morgan fingerprint density at radius 2 is 2.18 bits per heavy atom. The minimum atomic E-state index is -0.0269. The van der Waals surface area contributed by atoms with Gasteiger partial charge in [-0.25, -0.2) is 9.78 Å². The summed E-state index contributed by atoms with van der Waals surface area (Å²) in [6, 6.07) is 6.04. The molecule has 0 saturated carbocycles. The van der Waals surface area contributed by atoms with E-state index < -0.39 is 0 Å². The van der Waals surface area contributed by atoms with Crippen LogP contribution in [-0.2, 0) is 6.54 Å². The Bertz CT molecular complexity index is 691. The van der Waals surface area contributed by atoms with Gasteiger partial charge in [-0.1, -0.05) is 6.07 Å². The van der Waals surface area contributed by atoms with E-state index in [0.29, 0.717) is 19.6 Å². The van der Waals surface area contributed by atoms with E-state index in [1.54, 1.807) is 16.2 Å². The molecule has 2 amide bonds. The molecule has 3 rings (SSSR count). The van der Waals surface area contributed by atoms with Crippen LogP contribution in [0.25, 0.3) is 0 Å². The largest absolute Gasteiger partial charge is 0.378 e. The first-order valence-corrected chi connectivity index (χ1v) is 8.19. The van der Waals surface area contributed by atoms with Crippen LogP contribution in [0.2, 0.25) is 0 Å². The lowest BCUT2D eigenvalue weighted by Gasteiger charge is -2.17. The summed E-state index contributed by atoms with van der Waals surface area (Å²) in [6.07, 6.45) is 0. The normalized spacial score (nSPS) is 14.3. The molecule has 0 spiro atoms. The number of thiazole rings is 1. The molecule has 22 heavy (non-hydrogen) atoms. The summed E-state index contributed by atoms with van der Waals surface area (Å²) < 4.78 is 0. The molecule has 2 heterocycles. The predicted molar refractivity (Wildman–Crippen MR) is 90.8 cm³/mol. The number of carbonyl (C=O) groups excluding carboxylic acids is 1. The first-order chi connectivity index (χ1) is 10.5. The lowest BCUT2D eigenvalue weighted by atomic mass is 10.1. The van der Waals surface area contributed by atoms with Gasteiger partial charge in [-0.15, -0.1) is 11.3 Å². The van der Waals surface area contributed by atoms with Crippen LogP contribution >= 0.6 is 11.3 Å². The molecule has 2 N–H and O–H groups in total. The molecule has 1 aromatic carbocycles. The lowest BCUT2D eigenvalue weighted by Crippen LogP contribution is -2.27. The fourth-order valence-corrected chi connectivity index (χ4v) is 3.35. The average molecular weight is 316 g/mol. The number of carbonyl (C=O) groups is 1. The van der Waals surface area contributed by atoms with Gasteiger partial charge >= 0.3 is 6.03 Å². The van der Waals surface area contributed by atoms with E-state index in [1.165, 1.54) is 4.88 Å². The van der Waals surface area contributed by atoms with Crippen LogP contribution in [0.4, 0.5) is 16.2 Å². The molecule has 0 radical (unpaired) electrons.